The summed E-state index contributed by atoms with van der Waals surface area (Å²) in [6.07, 6.45) is 0.816. The minimum Gasteiger partial charge on any atom is -0.494 e. The van der Waals surface area contributed by atoms with Crippen LogP contribution >= 0.6 is 0 Å². The minimum absolute atomic E-state index is 0.0477. The van der Waals surface area contributed by atoms with Crippen molar-refractivity contribution in [3.8, 4) is 5.75 Å². The van der Waals surface area contributed by atoms with Gasteiger partial charge < -0.3 is 20.3 Å². The van der Waals surface area contributed by atoms with Crippen molar-refractivity contribution in [2.24, 2.45) is 5.92 Å². The average Bonchev–Trinajstić information content (AvgIpc) is 2.77. The zero-order chi connectivity index (χ0) is 23.1. The molecule has 2 aromatic rings. The molecule has 2 aromatic carbocycles. The average molecular weight is 438 g/mol. The molecular weight excluding hydrogens is 406 g/mol. The molecule has 2 N–H and O–H groups in total. The standard InChI is InChI=1S/C25H31N3O4/c1-4-32-21-11-9-20(10-12-21)27-23(29)15-26-25(31)22-14-18-7-5-6-8-19(18)16-28(22)24(30)13-17(2)3/h5-12,17,22H,4,13-16H2,1-3H3,(H,26,31)(H,27,29). The second-order valence-corrected chi connectivity index (χ2v) is 8.33. The molecule has 0 fully saturated rings. The van der Waals surface area contributed by atoms with Gasteiger partial charge in [-0.3, -0.25) is 14.4 Å². The summed E-state index contributed by atoms with van der Waals surface area (Å²) in [5, 5.41) is 5.46. The lowest BCUT2D eigenvalue weighted by Crippen LogP contribution is -2.53. The third kappa shape index (κ3) is 6.09. The van der Waals surface area contributed by atoms with Crippen molar-refractivity contribution in [2.45, 2.75) is 46.2 Å². The highest BCUT2D eigenvalue weighted by molar-refractivity contribution is 5.96. The van der Waals surface area contributed by atoms with E-state index >= 15 is 0 Å². The highest BCUT2D eigenvalue weighted by atomic mass is 16.5. The van der Waals surface area contributed by atoms with Crippen LogP contribution in [-0.4, -0.2) is 41.8 Å². The fraction of sp³-hybridized carbons (Fsp3) is 0.400. The second kappa shape index (κ2) is 10.8. The van der Waals surface area contributed by atoms with E-state index in [9.17, 15) is 14.4 Å². The number of anilines is 1. The van der Waals surface area contributed by atoms with Gasteiger partial charge in [0.25, 0.3) is 0 Å². The van der Waals surface area contributed by atoms with Crippen LogP contribution in [0.2, 0.25) is 0 Å². The topological polar surface area (TPSA) is 87.7 Å². The Balaban J connectivity index is 1.62. The lowest BCUT2D eigenvalue weighted by Gasteiger charge is -2.36. The summed E-state index contributed by atoms with van der Waals surface area (Å²) in [4.78, 5) is 39.8. The van der Waals surface area contributed by atoms with Crippen LogP contribution in [0.5, 0.6) is 5.75 Å². The minimum atomic E-state index is -0.630. The molecule has 32 heavy (non-hydrogen) atoms. The lowest BCUT2D eigenvalue weighted by molar-refractivity contribution is -0.142. The molecule has 0 aromatic heterocycles. The summed E-state index contributed by atoms with van der Waals surface area (Å²) in [7, 11) is 0. The maximum absolute atomic E-state index is 13.0. The summed E-state index contributed by atoms with van der Waals surface area (Å²) >= 11 is 0. The number of carbonyl (C=O) groups is 3. The van der Waals surface area contributed by atoms with Gasteiger partial charge in [0, 0.05) is 25.1 Å². The number of nitrogens with one attached hydrogen (secondary N) is 2. The number of benzene rings is 2. The first-order chi connectivity index (χ1) is 15.4. The molecule has 1 atom stereocenters. The number of nitrogens with zero attached hydrogens (tertiary/aromatic N) is 1. The van der Waals surface area contributed by atoms with Gasteiger partial charge in [-0.15, -0.1) is 0 Å². The van der Waals surface area contributed by atoms with E-state index in [-0.39, 0.29) is 30.2 Å². The summed E-state index contributed by atoms with van der Waals surface area (Å²) in [6.45, 7) is 6.67. The Morgan fingerprint density at radius 2 is 1.75 bits per heavy atom. The Morgan fingerprint density at radius 3 is 2.41 bits per heavy atom. The molecule has 0 aliphatic carbocycles. The lowest BCUT2D eigenvalue weighted by atomic mass is 9.92. The molecule has 0 bridgehead atoms. The first-order valence-corrected chi connectivity index (χ1v) is 11.0. The highest BCUT2D eigenvalue weighted by Crippen LogP contribution is 2.25. The van der Waals surface area contributed by atoms with Gasteiger partial charge in [-0.1, -0.05) is 38.1 Å². The Labute approximate surface area is 189 Å². The van der Waals surface area contributed by atoms with Gasteiger partial charge in [-0.05, 0) is 48.2 Å². The number of amides is 3. The molecular formula is C25H31N3O4. The van der Waals surface area contributed by atoms with Crippen LogP contribution in [0.1, 0.15) is 38.3 Å². The maximum Gasteiger partial charge on any atom is 0.243 e. The molecule has 170 valence electrons. The van der Waals surface area contributed by atoms with Gasteiger partial charge in [-0.2, -0.15) is 0 Å². The number of fused-ring (bicyclic) bond motifs is 1. The van der Waals surface area contributed by atoms with Crippen LogP contribution in [0.3, 0.4) is 0 Å². The molecule has 3 rings (SSSR count). The number of carbonyl (C=O) groups excluding carboxylic acids is 3. The molecule has 7 heteroatoms. The number of rotatable bonds is 8. The van der Waals surface area contributed by atoms with E-state index in [2.05, 4.69) is 10.6 Å². The molecule has 1 heterocycles. The van der Waals surface area contributed by atoms with Crippen LogP contribution in [-0.2, 0) is 27.3 Å². The SMILES string of the molecule is CCOc1ccc(NC(=O)CNC(=O)C2Cc3ccccc3CN2C(=O)CC(C)C)cc1. The van der Waals surface area contributed by atoms with Gasteiger partial charge in [-0.25, -0.2) is 0 Å². The zero-order valence-electron chi connectivity index (χ0n) is 18.9. The summed E-state index contributed by atoms with van der Waals surface area (Å²) in [5.74, 6) is 0.219. The third-order valence-corrected chi connectivity index (χ3v) is 5.33. The summed E-state index contributed by atoms with van der Waals surface area (Å²) in [6, 6.07) is 14.3. The monoisotopic (exact) mass is 437 g/mol. The molecule has 0 spiro atoms. The summed E-state index contributed by atoms with van der Waals surface area (Å²) < 4.78 is 5.39. The Bertz CT molecular complexity index is 956. The van der Waals surface area contributed by atoms with Crippen LogP contribution < -0.4 is 15.4 Å². The number of hydrogen-bond acceptors (Lipinski definition) is 4. The van der Waals surface area contributed by atoms with Crippen molar-refractivity contribution >= 4 is 23.4 Å². The van der Waals surface area contributed by atoms with Crippen molar-refractivity contribution in [3.05, 3.63) is 59.7 Å². The van der Waals surface area contributed by atoms with E-state index in [0.717, 1.165) is 16.9 Å². The molecule has 0 saturated carbocycles. The Morgan fingerprint density at radius 1 is 1.06 bits per heavy atom. The van der Waals surface area contributed by atoms with E-state index in [1.807, 2.05) is 45.0 Å². The number of ether oxygens (including phenoxy) is 1. The van der Waals surface area contributed by atoms with E-state index in [0.29, 0.717) is 31.7 Å². The fourth-order valence-electron chi connectivity index (χ4n) is 3.78. The van der Waals surface area contributed by atoms with Crippen molar-refractivity contribution in [2.75, 3.05) is 18.5 Å². The predicted molar refractivity (Wildman–Crippen MR) is 123 cm³/mol. The van der Waals surface area contributed by atoms with Gasteiger partial charge in [0.15, 0.2) is 0 Å². The normalized spacial score (nSPS) is 15.1. The molecule has 0 saturated heterocycles. The molecule has 7 nitrogen and oxygen atoms in total. The van der Waals surface area contributed by atoms with Crippen molar-refractivity contribution in [1.82, 2.24) is 10.2 Å². The molecule has 1 aliphatic rings. The summed E-state index contributed by atoms with van der Waals surface area (Å²) in [5.41, 5.74) is 2.73. The first kappa shape index (κ1) is 23.3. The quantitative estimate of drug-likeness (QED) is 0.664. The Hall–Kier alpha value is -3.35. The first-order valence-electron chi connectivity index (χ1n) is 11.0. The van der Waals surface area contributed by atoms with Crippen LogP contribution in [0.15, 0.2) is 48.5 Å². The maximum atomic E-state index is 13.0. The van der Waals surface area contributed by atoms with Crippen molar-refractivity contribution in [1.29, 1.82) is 0 Å². The van der Waals surface area contributed by atoms with Gasteiger partial charge >= 0.3 is 0 Å². The molecule has 3 amide bonds. The van der Waals surface area contributed by atoms with E-state index in [1.165, 1.54) is 0 Å². The van der Waals surface area contributed by atoms with E-state index < -0.39 is 6.04 Å². The fourth-order valence-corrected chi connectivity index (χ4v) is 3.78. The number of hydrogen-bond donors (Lipinski definition) is 2. The van der Waals surface area contributed by atoms with E-state index in [4.69, 9.17) is 4.74 Å². The molecule has 1 aliphatic heterocycles. The van der Waals surface area contributed by atoms with Gasteiger partial charge in [0.1, 0.15) is 11.8 Å². The molecule has 1 unspecified atom stereocenters. The third-order valence-electron chi connectivity index (χ3n) is 5.33. The van der Waals surface area contributed by atoms with Crippen LogP contribution in [0, 0.1) is 5.92 Å². The van der Waals surface area contributed by atoms with Crippen LogP contribution in [0.25, 0.3) is 0 Å². The van der Waals surface area contributed by atoms with Gasteiger partial charge in [0.05, 0.1) is 13.2 Å². The second-order valence-electron chi connectivity index (χ2n) is 8.33. The van der Waals surface area contributed by atoms with Crippen molar-refractivity contribution in [3.63, 3.8) is 0 Å². The van der Waals surface area contributed by atoms with Crippen molar-refractivity contribution < 1.29 is 19.1 Å². The van der Waals surface area contributed by atoms with Crippen LogP contribution in [0.4, 0.5) is 5.69 Å². The largest absolute Gasteiger partial charge is 0.494 e. The zero-order valence-corrected chi connectivity index (χ0v) is 18.9. The van der Waals surface area contributed by atoms with Gasteiger partial charge in [0.2, 0.25) is 17.7 Å². The predicted octanol–water partition coefficient (Wildman–Crippen LogP) is 3.14. The smallest absolute Gasteiger partial charge is 0.243 e. The highest BCUT2D eigenvalue weighted by Gasteiger charge is 2.34. The van der Waals surface area contributed by atoms with E-state index in [1.54, 1.807) is 29.2 Å². The Kier molecular flexibility index (Phi) is 7.87. The molecule has 0 radical (unpaired) electrons.